The van der Waals surface area contributed by atoms with Crippen molar-refractivity contribution in [2.24, 2.45) is 5.41 Å². The first-order valence-electron chi connectivity index (χ1n) is 11.3. The van der Waals surface area contributed by atoms with Crippen LogP contribution >= 0.6 is 22.6 Å². The lowest BCUT2D eigenvalue weighted by Gasteiger charge is -2.24. The van der Waals surface area contributed by atoms with Crippen molar-refractivity contribution in [1.29, 1.82) is 0 Å². The van der Waals surface area contributed by atoms with Gasteiger partial charge < -0.3 is 9.47 Å². The van der Waals surface area contributed by atoms with Gasteiger partial charge in [0.2, 0.25) is 0 Å². The fourth-order valence-electron chi connectivity index (χ4n) is 4.35. The number of ether oxygens (including phenoxy) is 2. The fourth-order valence-corrected chi connectivity index (χ4v) is 5.18. The molecule has 0 aliphatic heterocycles. The molecule has 0 amide bonds. The Morgan fingerprint density at radius 3 is 2.00 bits per heavy atom. The molecular weight excluding hydrogens is 539 g/mol. The van der Waals surface area contributed by atoms with Gasteiger partial charge in [-0.05, 0) is 76.9 Å². The third kappa shape index (κ3) is 4.60. The molecule has 0 N–H and O–H groups in total. The van der Waals surface area contributed by atoms with Gasteiger partial charge in [0, 0.05) is 27.5 Å². The van der Waals surface area contributed by atoms with Gasteiger partial charge >= 0.3 is 11.9 Å². The van der Waals surface area contributed by atoms with Gasteiger partial charge in [0.15, 0.2) is 5.41 Å². The highest BCUT2D eigenvalue weighted by atomic mass is 127. The first-order valence-corrected chi connectivity index (χ1v) is 12.4. The molecule has 0 saturated carbocycles. The van der Waals surface area contributed by atoms with E-state index in [9.17, 15) is 9.59 Å². The van der Waals surface area contributed by atoms with Crippen molar-refractivity contribution in [2.75, 3.05) is 13.2 Å². The second-order valence-electron chi connectivity index (χ2n) is 8.10. The Hall–Kier alpha value is -3.11. The molecular formula is C29H25IO4. The standard InChI is InChI=1S/C29H25IO4/c1-3-33-27(31)29(28(32)34-4-2)18-24-22(16-15-20-11-7-5-8-12-20)23(17-26(30)25(24)19-29)21-13-9-6-10-14-21/h5-14,17H,3-4,18-19H2,1-2H3. The van der Waals surface area contributed by atoms with E-state index in [1.165, 1.54) is 0 Å². The van der Waals surface area contributed by atoms with Crippen molar-refractivity contribution >= 4 is 34.5 Å². The van der Waals surface area contributed by atoms with Gasteiger partial charge in [0.05, 0.1) is 13.2 Å². The van der Waals surface area contributed by atoms with Crippen molar-refractivity contribution in [3.05, 3.63) is 92.6 Å². The third-order valence-corrected chi connectivity index (χ3v) is 6.94. The predicted molar refractivity (Wildman–Crippen MR) is 140 cm³/mol. The Labute approximate surface area is 213 Å². The Morgan fingerprint density at radius 1 is 0.853 bits per heavy atom. The molecule has 4 rings (SSSR count). The zero-order valence-electron chi connectivity index (χ0n) is 19.2. The van der Waals surface area contributed by atoms with Gasteiger partial charge in [-0.15, -0.1) is 0 Å². The van der Waals surface area contributed by atoms with Gasteiger partial charge in [0.1, 0.15) is 0 Å². The second-order valence-corrected chi connectivity index (χ2v) is 9.26. The highest BCUT2D eigenvalue weighted by molar-refractivity contribution is 14.1. The van der Waals surface area contributed by atoms with Crippen molar-refractivity contribution in [2.45, 2.75) is 26.7 Å². The molecule has 1 aliphatic carbocycles. The van der Waals surface area contributed by atoms with Crippen LogP contribution in [-0.2, 0) is 31.9 Å². The van der Waals surface area contributed by atoms with Crippen molar-refractivity contribution in [1.82, 2.24) is 0 Å². The third-order valence-electron chi connectivity index (χ3n) is 5.97. The first kappa shape index (κ1) is 24.0. The lowest BCUT2D eigenvalue weighted by atomic mass is 9.84. The molecule has 0 bridgehead atoms. The van der Waals surface area contributed by atoms with Crippen molar-refractivity contribution < 1.29 is 19.1 Å². The molecule has 0 aromatic heterocycles. The molecule has 1 aliphatic rings. The van der Waals surface area contributed by atoms with Crippen molar-refractivity contribution in [3.8, 4) is 23.0 Å². The molecule has 5 heteroatoms. The number of hydrogen-bond donors (Lipinski definition) is 0. The van der Waals surface area contributed by atoms with E-state index in [-0.39, 0.29) is 26.1 Å². The van der Waals surface area contributed by atoms with E-state index in [1.807, 2.05) is 60.7 Å². The van der Waals surface area contributed by atoms with Crippen LogP contribution in [0.4, 0.5) is 0 Å². The number of carbonyl (C=O) groups excluding carboxylic acids is 2. The van der Waals surface area contributed by atoms with Gasteiger partial charge in [-0.25, -0.2) is 0 Å². The molecule has 3 aromatic rings. The Balaban J connectivity index is 1.92. The summed E-state index contributed by atoms with van der Waals surface area (Å²) < 4.78 is 11.7. The monoisotopic (exact) mass is 564 g/mol. The topological polar surface area (TPSA) is 52.6 Å². The average molecular weight is 564 g/mol. The molecule has 0 fully saturated rings. The Kier molecular flexibility index (Phi) is 7.38. The minimum Gasteiger partial charge on any atom is -0.465 e. The van der Waals surface area contributed by atoms with Crippen LogP contribution in [0.1, 0.15) is 36.1 Å². The quantitative estimate of drug-likeness (QED) is 0.176. The van der Waals surface area contributed by atoms with Crippen LogP contribution in [0, 0.1) is 20.8 Å². The van der Waals surface area contributed by atoms with Crippen LogP contribution in [0.15, 0.2) is 66.7 Å². The summed E-state index contributed by atoms with van der Waals surface area (Å²) in [5.41, 5.74) is 4.22. The molecule has 0 saturated heterocycles. The van der Waals surface area contributed by atoms with E-state index in [4.69, 9.17) is 9.47 Å². The van der Waals surface area contributed by atoms with Gasteiger partial charge in [-0.2, -0.15) is 0 Å². The summed E-state index contributed by atoms with van der Waals surface area (Å²) in [6.45, 7) is 3.88. The summed E-state index contributed by atoms with van der Waals surface area (Å²) in [6.07, 6.45) is 0.447. The fraction of sp³-hybridized carbons (Fsp3) is 0.241. The zero-order valence-corrected chi connectivity index (χ0v) is 21.3. The molecule has 0 atom stereocenters. The number of carbonyl (C=O) groups is 2. The first-order chi connectivity index (χ1) is 16.5. The number of hydrogen-bond acceptors (Lipinski definition) is 4. The van der Waals surface area contributed by atoms with Crippen LogP contribution in [-0.4, -0.2) is 25.2 Å². The summed E-state index contributed by atoms with van der Waals surface area (Å²) in [6, 6.07) is 21.9. The van der Waals surface area contributed by atoms with Gasteiger partial charge in [0.25, 0.3) is 0 Å². The summed E-state index contributed by atoms with van der Waals surface area (Å²) in [4.78, 5) is 26.3. The molecule has 0 spiro atoms. The zero-order chi connectivity index (χ0) is 24.1. The smallest absolute Gasteiger partial charge is 0.324 e. The Bertz CT molecular complexity index is 1250. The molecule has 0 radical (unpaired) electrons. The normalized spacial score (nSPS) is 13.4. The Morgan fingerprint density at radius 2 is 1.41 bits per heavy atom. The predicted octanol–water partition coefficient (Wildman–Crippen LogP) is 5.57. The van der Waals surface area contributed by atoms with Crippen LogP contribution < -0.4 is 0 Å². The molecule has 172 valence electrons. The minimum absolute atomic E-state index is 0.198. The maximum Gasteiger partial charge on any atom is 0.324 e. The van der Waals surface area contributed by atoms with E-state index >= 15 is 0 Å². The van der Waals surface area contributed by atoms with Gasteiger partial charge in [-0.1, -0.05) is 60.4 Å². The van der Waals surface area contributed by atoms with Crippen molar-refractivity contribution in [3.63, 3.8) is 0 Å². The maximum atomic E-state index is 13.1. The average Bonchev–Trinajstić information content (AvgIpc) is 3.28. The van der Waals surface area contributed by atoms with E-state index in [2.05, 4.69) is 40.5 Å². The SMILES string of the molecule is CCOC(=O)C1(C(=O)OCC)Cc2c(I)cc(-c3ccccc3)c(C#Cc3ccccc3)c2C1. The number of benzene rings is 3. The number of rotatable bonds is 5. The van der Waals surface area contributed by atoms with E-state index in [1.54, 1.807) is 13.8 Å². The van der Waals surface area contributed by atoms with Crippen LogP contribution in [0.2, 0.25) is 0 Å². The highest BCUT2D eigenvalue weighted by Crippen LogP contribution is 2.45. The summed E-state index contributed by atoms with van der Waals surface area (Å²) in [5, 5.41) is 0. The molecule has 0 heterocycles. The molecule has 4 nitrogen and oxygen atoms in total. The maximum absolute atomic E-state index is 13.1. The van der Waals surface area contributed by atoms with Crippen LogP contribution in [0.25, 0.3) is 11.1 Å². The van der Waals surface area contributed by atoms with E-state index < -0.39 is 17.4 Å². The van der Waals surface area contributed by atoms with E-state index in [0.717, 1.165) is 37.0 Å². The van der Waals surface area contributed by atoms with Crippen LogP contribution in [0.3, 0.4) is 0 Å². The van der Waals surface area contributed by atoms with Crippen LogP contribution in [0.5, 0.6) is 0 Å². The summed E-state index contributed by atoms with van der Waals surface area (Å²) >= 11 is 2.29. The molecule has 3 aromatic carbocycles. The largest absolute Gasteiger partial charge is 0.465 e. The summed E-state index contributed by atoms with van der Waals surface area (Å²) in [7, 11) is 0. The summed E-state index contributed by atoms with van der Waals surface area (Å²) in [5.74, 6) is 5.57. The highest BCUT2D eigenvalue weighted by Gasteiger charge is 2.54. The molecule has 34 heavy (non-hydrogen) atoms. The van der Waals surface area contributed by atoms with Gasteiger partial charge in [-0.3, -0.25) is 9.59 Å². The number of fused-ring (bicyclic) bond motifs is 1. The minimum atomic E-state index is -1.40. The number of esters is 2. The number of halogens is 1. The van der Waals surface area contributed by atoms with E-state index in [0.29, 0.717) is 0 Å². The second kappa shape index (κ2) is 10.4. The molecule has 0 unspecified atom stereocenters. The lowest BCUT2D eigenvalue weighted by molar-refractivity contribution is -0.171. The lowest BCUT2D eigenvalue weighted by Crippen LogP contribution is -2.43.